The Morgan fingerprint density at radius 1 is 1.48 bits per heavy atom. The zero-order valence-corrected chi connectivity index (χ0v) is 15.7. The number of anilines is 1. The van der Waals surface area contributed by atoms with Crippen molar-refractivity contribution in [3.05, 3.63) is 11.2 Å². The van der Waals surface area contributed by atoms with Crippen LogP contribution < -0.4 is 4.90 Å². The number of ether oxygens (including phenoxy) is 1. The van der Waals surface area contributed by atoms with Crippen LogP contribution in [0.15, 0.2) is 11.2 Å². The summed E-state index contributed by atoms with van der Waals surface area (Å²) in [5.41, 5.74) is -0.478. The molecule has 2 rings (SSSR count). The van der Waals surface area contributed by atoms with Crippen molar-refractivity contribution in [2.45, 2.75) is 44.0 Å². The SMILES string of the molecule is CSc1nc(Cl)cc(N(C)C2CCN(C(=O)OC(C)(C)C)C2)n1. The summed E-state index contributed by atoms with van der Waals surface area (Å²) in [6, 6.07) is 1.93. The van der Waals surface area contributed by atoms with Gasteiger partial charge in [-0.25, -0.2) is 14.8 Å². The summed E-state index contributed by atoms with van der Waals surface area (Å²) in [5.74, 6) is 0.769. The standard InChI is InChI=1S/C15H23ClN4O2S/c1-15(2,3)22-14(21)20-7-6-10(9-20)19(4)12-8-11(16)17-13(18-12)23-5/h8,10H,6-7,9H2,1-5H3. The second-order valence-corrected chi connectivity index (χ2v) is 7.68. The van der Waals surface area contributed by atoms with E-state index in [-0.39, 0.29) is 12.1 Å². The molecule has 0 aromatic carbocycles. The van der Waals surface area contributed by atoms with Crippen molar-refractivity contribution in [2.75, 3.05) is 31.3 Å². The molecule has 0 spiro atoms. The second-order valence-electron chi connectivity index (χ2n) is 6.52. The van der Waals surface area contributed by atoms with E-state index in [0.29, 0.717) is 23.4 Å². The van der Waals surface area contributed by atoms with Crippen LogP contribution in [0.4, 0.5) is 10.6 Å². The summed E-state index contributed by atoms with van der Waals surface area (Å²) < 4.78 is 5.43. The van der Waals surface area contributed by atoms with Gasteiger partial charge >= 0.3 is 6.09 Å². The predicted molar refractivity (Wildman–Crippen MR) is 93.4 cm³/mol. The highest BCUT2D eigenvalue weighted by molar-refractivity contribution is 7.98. The predicted octanol–water partition coefficient (Wildman–Crippen LogP) is 3.30. The lowest BCUT2D eigenvalue weighted by Crippen LogP contribution is -2.39. The Morgan fingerprint density at radius 2 is 2.17 bits per heavy atom. The minimum absolute atomic E-state index is 0.184. The molecule has 0 radical (unpaired) electrons. The van der Waals surface area contributed by atoms with E-state index in [2.05, 4.69) is 14.9 Å². The third kappa shape index (κ3) is 4.88. The van der Waals surface area contributed by atoms with Crippen molar-refractivity contribution in [2.24, 2.45) is 0 Å². The van der Waals surface area contributed by atoms with Gasteiger partial charge in [0.1, 0.15) is 16.6 Å². The van der Waals surface area contributed by atoms with E-state index in [1.54, 1.807) is 11.0 Å². The Kier molecular flexibility index (Phi) is 5.62. The number of rotatable bonds is 3. The first-order valence-corrected chi connectivity index (χ1v) is 9.09. The van der Waals surface area contributed by atoms with Crippen LogP contribution in [0.1, 0.15) is 27.2 Å². The molecule has 1 fully saturated rings. The molecule has 6 nitrogen and oxygen atoms in total. The summed E-state index contributed by atoms with van der Waals surface area (Å²) in [5, 5.41) is 1.06. The van der Waals surface area contributed by atoms with Gasteiger partial charge in [-0.1, -0.05) is 23.4 Å². The molecule has 1 unspecified atom stereocenters. The molecule has 1 saturated heterocycles. The lowest BCUT2D eigenvalue weighted by Gasteiger charge is -2.27. The van der Waals surface area contributed by atoms with Crippen LogP contribution in [0.3, 0.4) is 0 Å². The Balaban J connectivity index is 2.04. The van der Waals surface area contributed by atoms with E-state index in [0.717, 1.165) is 12.2 Å². The minimum atomic E-state index is -0.478. The summed E-state index contributed by atoms with van der Waals surface area (Å²) in [6.07, 6.45) is 2.51. The number of nitrogens with zero attached hydrogens (tertiary/aromatic N) is 4. The lowest BCUT2D eigenvalue weighted by molar-refractivity contribution is 0.0292. The molecule has 0 aliphatic carbocycles. The summed E-state index contributed by atoms with van der Waals surface area (Å²) in [4.78, 5) is 24.6. The van der Waals surface area contributed by atoms with E-state index < -0.39 is 5.60 Å². The van der Waals surface area contributed by atoms with Gasteiger partial charge in [-0.15, -0.1) is 0 Å². The van der Waals surface area contributed by atoms with Gasteiger partial charge in [0, 0.05) is 32.2 Å². The Morgan fingerprint density at radius 3 is 2.78 bits per heavy atom. The first-order chi connectivity index (χ1) is 10.7. The normalized spacial score (nSPS) is 18.2. The second kappa shape index (κ2) is 7.13. The molecular weight excluding hydrogens is 336 g/mol. The molecule has 1 aliphatic rings. The zero-order valence-electron chi connectivity index (χ0n) is 14.2. The number of likely N-dealkylation sites (N-methyl/N-ethyl adjacent to an activating group) is 1. The first kappa shape index (κ1) is 18.1. The van der Waals surface area contributed by atoms with Gasteiger partial charge in [-0.05, 0) is 33.4 Å². The molecule has 1 aliphatic heterocycles. The number of carbonyl (C=O) groups is 1. The van der Waals surface area contributed by atoms with E-state index >= 15 is 0 Å². The van der Waals surface area contributed by atoms with Crippen molar-refractivity contribution in [1.82, 2.24) is 14.9 Å². The smallest absolute Gasteiger partial charge is 0.410 e. The van der Waals surface area contributed by atoms with Gasteiger partial charge in [-0.3, -0.25) is 0 Å². The van der Waals surface area contributed by atoms with Crippen LogP contribution in [-0.2, 0) is 4.74 Å². The van der Waals surface area contributed by atoms with Crippen LogP contribution in [0.25, 0.3) is 0 Å². The highest BCUT2D eigenvalue weighted by atomic mass is 35.5. The van der Waals surface area contributed by atoms with Crippen LogP contribution in [0, 0.1) is 0 Å². The number of likely N-dealkylation sites (tertiary alicyclic amines) is 1. The molecule has 0 bridgehead atoms. The fourth-order valence-corrected chi connectivity index (χ4v) is 3.00. The Labute approximate surface area is 146 Å². The molecule has 128 valence electrons. The number of aromatic nitrogens is 2. The number of thioether (sulfide) groups is 1. The maximum absolute atomic E-state index is 12.2. The molecule has 2 heterocycles. The van der Waals surface area contributed by atoms with Gasteiger partial charge in [0.05, 0.1) is 0 Å². The molecule has 23 heavy (non-hydrogen) atoms. The molecule has 1 aromatic rings. The third-order valence-electron chi connectivity index (χ3n) is 3.57. The highest BCUT2D eigenvalue weighted by Crippen LogP contribution is 2.25. The van der Waals surface area contributed by atoms with Crippen LogP contribution in [0.2, 0.25) is 5.15 Å². The van der Waals surface area contributed by atoms with Crippen molar-refractivity contribution < 1.29 is 9.53 Å². The van der Waals surface area contributed by atoms with Crippen LogP contribution >= 0.6 is 23.4 Å². The van der Waals surface area contributed by atoms with Gasteiger partial charge in [0.25, 0.3) is 0 Å². The summed E-state index contributed by atoms with van der Waals surface area (Å²) >= 11 is 7.51. The molecule has 1 amide bonds. The molecule has 0 saturated carbocycles. The maximum atomic E-state index is 12.2. The van der Waals surface area contributed by atoms with Crippen LogP contribution in [0.5, 0.6) is 0 Å². The maximum Gasteiger partial charge on any atom is 0.410 e. The molecular formula is C15H23ClN4O2S. The summed E-state index contributed by atoms with van der Waals surface area (Å²) in [7, 11) is 1.96. The fourth-order valence-electron chi connectivity index (χ4n) is 2.39. The van der Waals surface area contributed by atoms with Gasteiger partial charge < -0.3 is 14.5 Å². The molecule has 8 heteroatoms. The van der Waals surface area contributed by atoms with Crippen LogP contribution in [-0.4, -0.2) is 59.0 Å². The average molecular weight is 359 g/mol. The van der Waals surface area contributed by atoms with Crippen molar-refractivity contribution >= 4 is 35.3 Å². The van der Waals surface area contributed by atoms with Crippen molar-refractivity contribution in [3.8, 4) is 0 Å². The van der Waals surface area contributed by atoms with E-state index in [1.165, 1.54) is 11.8 Å². The minimum Gasteiger partial charge on any atom is -0.444 e. The largest absolute Gasteiger partial charge is 0.444 e. The van der Waals surface area contributed by atoms with Gasteiger partial charge in [0.2, 0.25) is 0 Å². The van der Waals surface area contributed by atoms with Crippen molar-refractivity contribution in [3.63, 3.8) is 0 Å². The fraction of sp³-hybridized carbons (Fsp3) is 0.667. The topological polar surface area (TPSA) is 58.6 Å². The number of amides is 1. The molecule has 1 atom stereocenters. The highest BCUT2D eigenvalue weighted by Gasteiger charge is 2.32. The van der Waals surface area contributed by atoms with E-state index in [4.69, 9.17) is 16.3 Å². The average Bonchev–Trinajstić information content (AvgIpc) is 2.93. The molecule has 1 aromatic heterocycles. The van der Waals surface area contributed by atoms with E-state index in [1.807, 2.05) is 34.1 Å². The number of hydrogen-bond acceptors (Lipinski definition) is 6. The Bertz CT molecular complexity index is 579. The van der Waals surface area contributed by atoms with Gasteiger partial charge in [-0.2, -0.15) is 0 Å². The molecule has 0 N–H and O–H groups in total. The zero-order chi connectivity index (χ0) is 17.2. The summed E-state index contributed by atoms with van der Waals surface area (Å²) in [6.45, 7) is 6.91. The Hall–Kier alpha value is -1.21. The van der Waals surface area contributed by atoms with E-state index in [9.17, 15) is 4.79 Å². The van der Waals surface area contributed by atoms with Gasteiger partial charge in [0.15, 0.2) is 5.16 Å². The number of carbonyl (C=O) groups excluding carboxylic acids is 1. The van der Waals surface area contributed by atoms with Crippen molar-refractivity contribution in [1.29, 1.82) is 0 Å². The lowest BCUT2D eigenvalue weighted by atomic mass is 10.2. The first-order valence-electron chi connectivity index (χ1n) is 7.49. The third-order valence-corrected chi connectivity index (χ3v) is 4.31. The quantitative estimate of drug-likeness (QED) is 0.469. The monoisotopic (exact) mass is 358 g/mol. The number of halogens is 1. The number of hydrogen-bond donors (Lipinski definition) is 0.